The van der Waals surface area contributed by atoms with Crippen molar-refractivity contribution in [3.63, 3.8) is 0 Å². The average Bonchev–Trinajstić information content (AvgIpc) is 2.79. The highest BCUT2D eigenvalue weighted by molar-refractivity contribution is 5.88. The van der Waals surface area contributed by atoms with Gasteiger partial charge >= 0.3 is 5.97 Å². The van der Waals surface area contributed by atoms with Crippen LogP contribution < -0.4 is 5.32 Å². The van der Waals surface area contributed by atoms with Crippen LogP contribution in [-0.2, 0) is 9.53 Å². The van der Waals surface area contributed by atoms with E-state index in [-0.39, 0.29) is 24.2 Å². The maximum Gasteiger partial charge on any atom is 0.360 e. The Labute approximate surface area is 118 Å². The number of nitrogens with zero attached hydrogens (tertiary/aromatic N) is 3. The molecule has 1 aromatic rings. The number of ether oxygens (including phenoxy) is 1. The van der Waals surface area contributed by atoms with Gasteiger partial charge < -0.3 is 10.1 Å². The average molecular weight is 282 g/mol. The molecule has 1 amide bonds. The standard InChI is InChI=1S/C13H22N4O3/c1-6-8(3)14-12(18)10(5)17-9(4)11(15-16-17)13(19)20-7-2/h8,10H,6-7H2,1-5H3,(H,14,18). The molecule has 0 aliphatic rings. The molecule has 0 fully saturated rings. The van der Waals surface area contributed by atoms with Crippen molar-refractivity contribution in [2.45, 2.75) is 53.1 Å². The van der Waals surface area contributed by atoms with E-state index in [0.717, 1.165) is 6.42 Å². The zero-order valence-electron chi connectivity index (χ0n) is 12.6. The molecule has 2 unspecified atom stereocenters. The van der Waals surface area contributed by atoms with Crippen LogP contribution in [0.15, 0.2) is 0 Å². The Kier molecular flexibility index (Phi) is 5.66. The smallest absolute Gasteiger partial charge is 0.360 e. The summed E-state index contributed by atoms with van der Waals surface area (Å²) >= 11 is 0. The zero-order valence-corrected chi connectivity index (χ0v) is 12.6. The van der Waals surface area contributed by atoms with Crippen molar-refractivity contribution in [1.29, 1.82) is 0 Å². The SMILES string of the molecule is CCOC(=O)c1nnn(C(C)C(=O)NC(C)CC)c1C. The van der Waals surface area contributed by atoms with Gasteiger partial charge in [0.25, 0.3) is 0 Å². The van der Waals surface area contributed by atoms with E-state index >= 15 is 0 Å². The maximum atomic E-state index is 12.1. The Morgan fingerprint density at radius 2 is 2.00 bits per heavy atom. The van der Waals surface area contributed by atoms with Gasteiger partial charge in [-0.25, -0.2) is 9.48 Å². The van der Waals surface area contributed by atoms with Gasteiger partial charge in [-0.1, -0.05) is 12.1 Å². The minimum absolute atomic E-state index is 0.0957. The first kappa shape index (κ1) is 16.1. The lowest BCUT2D eigenvalue weighted by Crippen LogP contribution is -2.37. The predicted octanol–water partition coefficient (Wildman–Crippen LogP) is 1.24. The molecule has 1 rings (SSSR count). The van der Waals surface area contributed by atoms with Crippen LogP contribution in [0.1, 0.15) is 56.3 Å². The summed E-state index contributed by atoms with van der Waals surface area (Å²) in [6.45, 7) is 9.33. The molecule has 7 heteroatoms. The van der Waals surface area contributed by atoms with E-state index in [9.17, 15) is 9.59 Å². The van der Waals surface area contributed by atoms with Crippen LogP contribution in [0, 0.1) is 6.92 Å². The summed E-state index contributed by atoms with van der Waals surface area (Å²) in [5.41, 5.74) is 0.672. The molecular weight excluding hydrogens is 260 g/mol. The number of esters is 1. The van der Waals surface area contributed by atoms with E-state index in [4.69, 9.17) is 4.74 Å². The van der Waals surface area contributed by atoms with E-state index < -0.39 is 12.0 Å². The van der Waals surface area contributed by atoms with Crippen molar-refractivity contribution in [1.82, 2.24) is 20.3 Å². The number of aromatic nitrogens is 3. The van der Waals surface area contributed by atoms with E-state index in [1.165, 1.54) is 4.68 Å². The molecule has 0 aromatic carbocycles. The van der Waals surface area contributed by atoms with Crippen LogP contribution in [0.2, 0.25) is 0 Å². The van der Waals surface area contributed by atoms with Gasteiger partial charge in [0.15, 0.2) is 5.69 Å². The fraction of sp³-hybridized carbons (Fsp3) is 0.692. The summed E-state index contributed by atoms with van der Waals surface area (Å²) in [5, 5.41) is 10.5. The van der Waals surface area contributed by atoms with Gasteiger partial charge in [-0.05, 0) is 34.1 Å². The molecule has 0 saturated carbocycles. The molecular formula is C13H22N4O3. The number of hydrogen-bond donors (Lipinski definition) is 1. The number of nitrogens with one attached hydrogen (secondary N) is 1. The van der Waals surface area contributed by atoms with Crippen LogP contribution in [-0.4, -0.2) is 39.5 Å². The zero-order chi connectivity index (χ0) is 15.3. The lowest BCUT2D eigenvalue weighted by molar-refractivity contribution is -0.124. The Morgan fingerprint density at radius 1 is 1.35 bits per heavy atom. The maximum absolute atomic E-state index is 12.1. The van der Waals surface area contributed by atoms with Crippen LogP contribution in [0.4, 0.5) is 0 Å². The van der Waals surface area contributed by atoms with Crippen molar-refractivity contribution in [3.05, 3.63) is 11.4 Å². The van der Waals surface area contributed by atoms with E-state index in [2.05, 4.69) is 15.6 Å². The first-order valence-corrected chi connectivity index (χ1v) is 6.81. The fourth-order valence-corrected chi connectivity index (χ4v) is 1.67. The third-order valence-corrected chi connectivity index (χ3v) is 3.14. The van der Waals surface area contributed by atoms with Crippen molar-refractivity contribution in [3.8, 4) is 0 Å². The quantitative estimate of drug-likeness (QED) is 0.793. The molecule has 0 saturated heterocycles. The first-order valence-electron chi connectivity index (χ1n) is 6.81. The number of amides is 1. The summed E-state index contributed by atoms with van der Waals surface area (Å²) in [4.78, 5) is 23.7. The normalized spacial score (nSPS) is 13.7. The van der Waals surface area contributed by atoms with E-state index in [0.29, 0.717) is 5.69 Å². The molecule has 0 spiro atoms. The Bertz CT molecular complexity index is 484. The van der Waals surface area contributed by atoms with Gasteiger partial charge in [0.05, 0.1) is 12.3 Å². The molecule has 0 radical (unpaired) electrons. The van der Waals surface area contributed by atoms with Crippen molar-refractivity contribution in [2.75, 3.05) is 6.61 Å². The molecule has 1 aromatic heterocycles. The summed E-state index contributed by atoms with van der Waals surface area (Å²) in [5.74, 6) is -0.673. The third-order valence-electron chi connectivity index (χ3n) is 3.14. The highest BCUT2D eigenvalue weighted by Gasteiger charge is 2.24. The summed E-state index contributed by atoms with van der Waals surface area (Å²) in [7, 11) is 0. The lowest BCUT2D eigenvalue weighted by Gasteiger charge is -2.17. The third kappa shape index (κ3) is 3.55. The van der Waals surface area contributed by atoms with E-state index in [1.54, 1.807) is 20.8 Å². The van der Waals surface area contributed by atoms with Crippen molar-refractivity contribution in [2.24, 2.45) is 0 Å². The monoisotopic (exact) mass is 282 g/mol. The van der Waals surface area contributed by atoms with Crippen molar-refractivity contribution >= 4 is 11.9 Å². The van der Waals surface area contributed by atoms with Crippen LogP contribution in [0.5, 0.6) is 0 Å². The largest absolute Gasteiger partial charge is 0.461 e. The minimum atomic E-state index is -0.528. The molecule has 0 aliphatic carbocycles. The molecule has 20 heavy (non-hydrogen) atoms. The van der Waals surface area contributed by atoms with E-state index in [1.807, 2.05) is 13.8 Å². The molecule has 1 N–H and O–H groups in total. The number of hydrogen-bond acceptors (Lipinski definition) is 5. The fourth-order valence-electron chi connectivity index (χ4n) is 1.67. The second kappa shape index (κ2) is 7.02. The van der Waals surface area contributed by atoms with Gasteiger partial charge in [0.2, 0.25) is 5.91 Å². The molecule has 7 nitrogen and oxygen atoms in total. The summed E-state index contributed by atoms with van der Waals surface area (Å²) in [6.07, 6.45) is 0.850. The number of carbonyl (C=O) groups excluding carboxylic acids is 2. The molecule has 2 atom stereocenters. The molecule has 1 heterocycles. The van der Waals surface area contributed by atoms with Crippen LogP contribution in [0.25, 0.3) is 0 Å². The van der Waals surface area contributed by atoms with Gasteiger partial charge in [-0.3, -0.25) is 4.79 Å². The topological polar surface area (TPSA) is 86.1 Å². The lowest BCUT2D eigenvalue weighted by atomic mass is 10.2. The first-order chi connectivity index (χ1) is 9.42. The van der Waals surface area contributed by atoms with Gasteiger partial charge in [0.1, 0.15) is 6.04 Å². The molecule has 0 bridgehead atoms. The van der Waals surface area contributed by atoms with Crippen LogP contribution >= 0.6 is 0 Å². The second-order valence-corrected chi connectivity index (χ2v) is 4.68. The van der Waals surface area contributed by atoms with Crippen molar-refractivity contribution < 1.29 is 14.3 Å². The summed E-state index contributed by atoms with van der Waals surface area (Å²) in [6, 6.07) is -0.432. The Balaban J connectivity index is 2.87. The van der Waals surface area contributed by atoms with Gasteiger partial charge in [0, 0.05) is 6.04 Å². The predicted molar refractivity (Wildman–Crippen MR) is 73.3 cm³/mol. The Hall–Kier alpha value is -1.92. The Morgan fingerprint density at radius 3 is 2.55 bits per heavy atom. The van der Waals surface area contributed by atoms with Gasteiger partial charge in [-0.15, -0.1) is 5.10 Å². The van der Waals surface area contributed by atoms with Gasteiger partial charge in [-0.2, -0.15) is 0 Å². The number of carbonyl (C=O) groups is 2. The number of rotatable bonds is 6. The van der Waals surface area contributed by atoms with Crippen LogP contribution in [0.3, 0.4) is 0 Å². The highest BCUT2D eigenvalue weighted by atomic mass is 16.5. The minimum Gasteiger partial charge on any atom is -0.461 e. The second-order valence-electron chi connectivity index (χ2n) is 4.68. The summed E-state index contributed by atoms with van der Waals surface area (Å²) < 4.78 is 6.32. The highest BCUT2D eigenvalue weighted by Crippen LogP contribution is 2.12. The molecule has 112 valence electrons. The molecule has 0 aliphatic heterocycles.